The second-order valence-electron chi connectivity index (χ2n) is 9.97. The molecular formula is C30H38N2O4. The third kappa shape index (κ3) is 4.87. The fraction of sp³-hybridized carbons (Fsp3) is 0.433. The summed E-state index contributed by atoms with van der Waals surface area (Å²) in [5.41, 5.74) is 3.57. The van der Waals surface area contributed by atoms with Crippen LogP contribution in [0.25, 0.3) is 0 Å². The molecule has 0 bridgehead atoms. The molecular weight excluding hydrogens is 452 g/mol. The van der Waals surface area contributed by atoms with Crippen molar-refractivity contribution in [2.24, 2.45) is 0 Å². The lowest BCUT2D eigenvalue weighted by molar-refractivity contribution is -0.196. The Bertz CT molecular complexity index is 1270. The molecule has 0 amide bonds. The van der Waals surface area contributed by atoms with Crippen molar-refractivity contribution in [2.75, 3.05) is 0 Å². The van der Waals surface area contributed by atoms with Crippen molar-refractivity contribution in [3.8, 4) is 6.01 Å². The molecule has 3 aromatic rings. The first-order chi connectivity index (χ1) is 16.9. The zero-order valence-corrected chi connectivity index (χ0v) is 22.9. The Labute approximate surface area is 214 Å². The SMILES string of the molecule is CCc1cc(C)nc(O[C@](C)(C(=O)O)C(OC(C)C)(c2ccc(C)c(C)c2)c2cccc(C)c2C)n1. The summed E-state index contributed by atoms with van der Waals surface area (Å²) in [6.07, 6.45) is 0.351. The minimum atomic E-state index is -1.92. The minimum Gasteiger partial charge on any atom is -0.478 e. The molecule has 0 aliphatic carbocycles. The van der Waals surface area contributed by atoms with Crippen LogP contribution in [0, 0.1) is 34.6 Å². The molecule has 0 spiro atoms. The van der Waals surface area contributed by atoms with Crippen molar-refractivity contribution in [3.63, 3.8) is 0 Å². The number of ether oxygens (including phenoxy) is 2. The second-order valence-corrected chi connectivity index (χ2v) is 9.97. The van der Waals surface area contributed by atoms with Gasteiger partial charge in [0, 0.05) is 11.4 Å². The number of carboxylic acids is 1. The lowest BCUT2D eigenvalue weighted by Gasteiger charge is -2.47. The van der Waals surface area contributed by atoms with Gasteiger partial charge in [-0.1, -0.05) is 43.3 Å². The molecule has 0 fully saturated rings. The van der Waals surface area contributed by atoms with Gasteiger partial charge >= 0.3 is 12.0 Å². The topological polar surface area (TPSA) is 81.5 Å². The number of aryl methyl sites for hydroxylation is 5. The highest BCUT2D eigenvalue weighted by molar-refractivity contribution is 5.81. The van der Waals surface area contributed by atoms with Crippen molar-refractivity contribution in [2.45, 2.75) is 86.0 Å². The third-order valence-electron chi connectivity index (χ3n) is 6.93. The Morgan fingerprint density at radius 2 is 1.67 bits per heavy atom. The van der Waals surface area contributed by atoms with Crippen LogP contribution in [0.4, 0.5) is 0 Å². The van der Waals surface area contributed by atoms with Crippen molar-refractivity contribution < 1.29 is 19.4 Å². The normalized spacial score (nSPS) is 14.8. The number of rotatable bonds is 9. The molecule has 0 aliphatic rings. The summed E-state index contributed by atoms with van der Waals surface area (Å²) in [5, 5.41) is 10.9. The summed E-state index contributed by atoms with van der Waals surface area (Å²) in [4.78, 5) is 22.3. The summed E-state index contributed by atoms with van der Waals surface area (Å²) in [6.45, 7) is 17.2. The number of hydrogen-bond acceptors (Lipinski definition) is 5. The van der Waals surface area contributed by atoms with Crippen LogP contribution in [0.15, 0.2) is 42.5 Å². The standard InChI is InChI=1S/C30H38N2O4/c1-10-25-17-22(7)31-28(32-25)36-29(9,27(33)34)30(35-18(2)3,24-15-14-19(4)21(6)16-24)26-13-11-12-20(5)23(26)8/h11-18H,10H2,1-9H3,(H,33,34)/t29-,30?/m1/s1. The van der Waals surface area contributed by atoms with Crippen molar-refractivity contribution >= 4 is 5.97 Å². The Kier molecular flexibility index (Phi) is 7.89. The van der Waals surface area contributed by atoms with Crippen LogP contribution in [0.3, 0.4) is 0 Å². The number of carboxylic acid groups (broad SMARTS) is 1. The Balaban J connectivity index is 2.47. The molecule has 0 radical (unpaired) electrons. The van der Waals surface area contributed by atoms with E-state index >= 15 is 0 Å². The van der Waals surface area contributed by atoms with Gasteiger partial charge in [-0.15, -0.1) is 0 Å². The minimum absolute atomic E-state index is 0.0163. The number of carbonyl (C=O) groups is 1. The van der Waals surface area contributed by atoms with Crippen molar-refractivity contribution in [3.05, 3.63) is 87.2 Å². The second kappa shape index (κ2) is 10.4. The van der Waals surface area contributed by atoms with Gasteiger partial charge in [-0.2, -0.15) is 0 Å². The third-order valence-corrected chi connectivity index (χ3v) is 6.93. The first-order valence-corrected chi connectivity index (χ1v) is 12.4. The van der Waals surface area contributed by atoms with Crippen molar-refractivity contribution in [1.82, 2.24) is 9.97 Å². The largest absolute Gasteiger partial charge is 0.478 e. The van der Waals surface area contributed by atoms with E-state index in [1.807, 2.05) is 97.9 Å². The van der Waals surface area contributed by atoms with E-state index in [1.54, 1.807) is 6.92 Å². The fourth-order valence-corrected chi connectivity index (χ4v) is 4.66. The first kappa shape index (κ1) is 27.3. The molecule has 0 aliphatic heterocycles. The molecule has 1 heterocycles. The molecule has 1 aromatic heterocycles. The fourth-order valence-electron chi connectivity index (χ4n) is 4.66. The van der Waals surface area contributed by atoms with E-state index in [-0.39, 0.29) is 12.1 Å². The molecule has 3 rings (SSSR count). The van der Waals surface area contributed by atoms with E-state index < -0.39 is 17.2 Å². The van der Waals surface area contributed by atoms with E-state index in [0.717, 1.165) is 33.5 Å². The highest BCUT2D eigenvalue weighted by atomic mass is 16.6. The summed E-state index contributed by atoms with van der Waals surface area (Å²) >= 11 is 0. The number of hydrogen-bond donors (Lipinski definition) is 1. The van der Waals surface area contributed by atoms with Crippen LogP contribution in [0.1, 0.15) is 72.5 Å². The van der Waals surface area contributed by atoms with E-state index in [1.165, 1.54) is 0 Å². The van der Waals surface area contributed by atoms with Gasteiger partial charge in [0.15, 0.2) is 5.60 Å². The van der Waals surface area contributed by atoms with Crippen molar-refractivity contribution in [1.29, 1.82) is 0 Å². The van der Waals surface area contributed by atoms with E-state index in [9.17, 15) is 9.90 Å². The Morgan fingerprint density at radius 3 is 2.25 bits per heavy atom. The Morgan fingerprint density at radius 1 is 0.972 bits per heavy atom. The van der Waals surface area contributed by atoms with Crippen LogP contribution in [-0.4, -0.2) is 32.7 Å². The van der Waals surface area contributed by atoms with Crippen LogP contribution in [0.2, 0.25) is 0 Å². The number of nitrogens with zero attached hydrogens (tertiary/aromatic N) is 2. The average Bonchev–Trinajstić information content (AvgIpc) is 2.80. The van der Waals surface area contributed by atoms with Gasteiger partial charge in [-0.05, 0) is 101 Å². The molecule has 2 atom stereocenters. The van der Waals surface area contributed by atoms with Gasteiger partial charge in [-0.3, -0.25) is 0 Å². The zero-order valence-electron chi connectivity index (χ0n) is 22.9. The van der Waals surface area contributed by atoms with Gasteiger partial charge in [0.2, 0.25) is 5.60 Å². The van der Waals surface area contributed by atoms with Crippen LogP contribution in [-0.2, 0) is 21.6 Å². The van der Waals surface area contributed by atoms with Crippen LogP contribution in [0.5, 0.6) is 6.01 Å². The smallest absolute Gasteiger partial charge is 0.351 e. The lowest BCUT2D eigenvalue weighted by Crippen LogP contribution is -2.62. The number of aromatic nitrogens is 2. The lowest BCUT2D eigenvalue weighted by atomic mass is 9.70. The molecule has 0 saturated heterocycles. The predicted molar refractivity (Wildman–Crippen MR) is 142 cm³/mol. The monoisotopic (exact) mass is 490 g/mol. The van der Waals surface area contributed by atoms with Gasteiger partial charge in [0.05, 0.1) is 6.10 Å². The maximum atomic E-state index is 13.3. The molecule has 2 aromatic carbocycles. The van der Waals surface area contributed by atoms with Crippen LogP contribution < -0.4 is 4.74 Å². The quantitative estimate of drug-likeness (QED) is 0.386. The highest BCUT2D eigenvalue weighted by Crippen LogP contribution is 2.48. The number of benzene rings is 2. The van der Waals surface area contributed by atoms with Gasteiger partial charge in [0.25, 0.3) is 0 Å². The van der Waals surface area contributed by atoms with Gasteiger partial charge in [-0.25, -0.2) is 14.8 Å². The maximum Gasteiger partial charge on any atom is 0.351 e. The molecule has 6 nitrogen and oxygen atoms in total. The predicted octanol–water partition coefficient (Wildman–Crippen LogP) is 6.17. The molecule has 1 unspecified atom stereocenters. The molecule has 192 valence electrons. The molecule has 6 heteroatoms. The van der Waals surface area contributed by atoms with Crippen LogP contribution >= 0.6 is 0 Å². The van der Waals surface area contributed by atoms with Gasteiger partial charge < -0.3 is 14.6 Å². The number of aliphatic carboxylic acids is 1. The summed E-state index contributed by atoms with van der Waals surface area (Å²) in [5.74, 6) is -1.18. The maximum absolute atomic E-state index is 13.3. The Hall–Kier alpha value is -3.25. The summed E-state index contributed by atoms with van der Waals surface area (Å²) in [7, 11) is 0. The zero-order chi connectivity index (χ0) is 26.8. The van der Waals surface area contributed by atoms with E-state index in [0.29, 0.717) is 17.7 Å². The highest BCUT2D eigenvalue weighted by Gasteiger charge is 2.61. The summed E-state index contributed by atoms with van der Waals surface area (Å²) < 4.78 is 13.1. The molecule has 0 saturated carbocycles. The van der Waals surface area contributed by atoms with E-state index in [2.05, 4.69) is 9.97 Å². The van der Waals surface area contributed by atoms with E-state index in [4.69, 9.17) is 9.47 Å². The molecule has 1 N–H and O–H groups in total. The molecule has 36 heavy (non-hydrogen) atoms. The average molecular weight is 491 g/mol. The summed E-state index contributed by atoms with van der Waals surface area (Å²) in [6, 6.07) is 13.7. The first-order valence-electron chi connectivity index (χ1n) is 12.4. The van der Waals surface area contributed by atoms with Gasteiger partial charge in [0.1, 0.15) is 0 Å².